The molecule has 0 aliphatic rings. The predicted octanol–water partition coefficient (Wildman–Crippen LogP) is 8.57. The van der Waals surface area contributed by atoms with Gasteiger partial charge in [-0.3, -0.25) is 4.79 Å². The number of carbonyl (C=O) groups is 2. The van der Waals surface area contributed by atoms with Crippen LogP contribution in [0.25, 0.3) is 6.08 Å². The summed E-state index contributed by atoms with van der Waals surface area (Å²) in [6.45, 7) is 14.1. The van der Waals surface area contributed by atoms with Crippen LogP contribution in [0.4, 0.5) is 13.2 Å². The molecule has 6 nitrogen and oxygen atoms in total. The Labute approximate surface area is 244 Å². The summed E-state index contributed by atoms with van der Waals surface area (Å²) in [5.41, 5.74) is -0.154. The number of hydrogen-bond donors (Lipinski definition) is 0. The first-order valence-electron chi connectivity index (χ1n) is 14.3. The lowest BCUT2D eigenvalue weighted by Crippen LogP contribution is -2.44. The minimum Gasteiger partial charge on any atom is -0.493 e. The predicted molar refractivity (Wildman–Crippen MR) is 155 cm³/mol. The van der Waals surface area contributed by atoms with Crippen LogP contribution in [0.2, 0.25) is 0 Å². The average Bonchev–Trinajstić information content (AvgIpc) is 2.85. The number of unbranched alkanes of at least 4 members (excludes halogenated alkanes) is 5. The Morgan fingerprint density at radius 2 is 1.39 bits per heavy atom. The summed E-state index contributed by atoms with van der Waals surface area (Å²) in [7, 11) is 1.48. The molecule has 0 aliphatic carbocycles. The van der Waals surface area contributed by atoms with Crippen molar-refractivity contribution in [2.45, 2.75) is 99.6 Å². The topological polar surface area (TPSA) is 71.1 Å². The highest BCUT2D eigenvalue weighted by Gasteiger charge is 2.47. The van der Waals surface area contributed by atoms with E-state index in [-0.39, 0.29) is 16.8 Å². The van der Waals surface area contributed by atoms with Gasteiger partial charge in [0.15, 0.2) is 18.1 Å². The molecule has 0 saturated carbocycles. The number of rotatable bonds is 16. The van der Waals surface area contributed by atoms with Crippen LogP contribution < -0.4 is 9.47 Å². The van der Waals surface area contributed by atoms with Crippen molar-refractivity contribution < 1.29 is 41.7 Å². The molecule has 0 aromatic heterocycles. The van der Waals surface area contributed by atoms with Crippen LogP contribution in [0.1, 0.15) is 99.0 Å². The highest BCUT2D eigenvalue weighted by molar-refractivity contribution is 5.87. The van der Waals surface area contributed by atoms with Crippen molar-refractivity contribution in [3.63, 3.8) is 0 Å². The van der Waals surface area contributed by atoms with E-state index >= 15 is 0 Å². The van der Waals surface area contributed by atoms with E-state index in [1.165, 1.54) is 13.2 Å². The molecule has 1 atom stereocenters. The fourth-order valence-corrected chi connectivity index (χ4v) is 4.39. The third-order valence-corrected chi connectivity index (χ3v) is 7.00. The summed E-state index contributed by atoms with van der Waals surface area (Å²) in [5.74, 6) is -0.197. The molecule has 0 spiro atoms. The molecule has 0 saturated heterocycles. The van der Waals surface area contributed by atoms with E-state index in [4.69, 9.17) is 14.2 Å². The Morgan fingerprint density at radius 3 is 1.93 bits per heavy atom. The third kappa shape index (κ3) is 14.1. The van der Waals surface area contributed by atoms with E-state index < -0.39 is 24.2 Å². The van der Waals surface area contributed by atoms with Crippen molar-refractivity contribution in [2.24, 2.45) is 16.2 Å². The highest BCUT2D eigenvalue weighted by atomic mass is 19.4. The Bertz CT molecular complexity index is 989. The fraction of sp³-hybridized carbons (Fsp3) is 0.688. The zero-order valence-corrected chi connectivity index (χ0v) is 26.0. The van der Waals surface area contributed by atoms with E-state index in [9.17, 15) is 22.8 Å². The Kier molecular flexibility index (Phi) is 14.2. The average molecular weight is 587 g/mol. The van der Waals surface area contributed by atoms with Gasteiger partial charge in [-0.2, -0.15) is 13.2 Å². The molecule has 0 fully saturated rings. The van der Waals surface area contributed by atoms with Gasteiger partial charge in [-0.25, -0.2) is 4.79 Å². The standard InChI is InChI=1S/C32H49F3O6/c1-29(2,3)22-31(7,30(4,5)6)28(37)40-20-14-12-10-9-11-13-19-39-25-17-15-24(21-26(25)38-8)16-18-27(36)41-23-32(33,34)35/h15-18,21H,9-14,19-20,22-23H2,1-8H3/b18-16+. The van der Waals surface area contributed by atoms with Gasteiger partial charge in [-0.05, 0) is 60.8 Å². The second kappa shape index (κ2) is 16.1. The van der Waals surface area contributed by atoms with Gasteiger partial charge in [-0.1, -0.05) is 73.3 Å². The van der Waals surface area contributed by atoms with E-state index in [1.54, 1.807) is 18.2 Å². The van der Waals surface area contributed by atoms with Gasteiger partial charge in [-0.15, -0.1) is 0 Å². The second-order valence-electron chi connectivity index (χ2n) is 12.9. The normalized spacial score (nSPS) is 14.0. The second-order valence-corrected chi connectivity index (χ2v) is 12.9. The minimum absolute atomic E-state index is 0.0265. The number of carbonyl (C=O) groups excluding carboxylic acids is 2. The van der Waals surface area contributed by atoms with Crippen LogP contribution in [0.3, 0.4) is 0 Å². The van der Waals surface area contributed by atoms with Crippen molar-refractivity contribution in [2.75, 3.05) is 26.9 Å². The molecule has 0 aliphatic heterocycles. The van der Waals surface area contributed by atoms with Crippen LogP contribution in [0, 0.1) is 16.2 Å². The molecule has 0 radical (unpaired) electrons. The molecular formula is C32H49F3O6. The first-order chi connectivity index (χ1) is 18.9. The molecule has 0 N–H and O–H groups in total. The van der Waals surface area contributed by atoms with Crippen LogP contribution >= 0.6 is 0 Å². The molecular weight excluding hydrogens is 537 g/mol. The number of hydrogen-bond acceptors (Lipinski definition) is 6. The lowest BCUT2D eigenvalue weighted by Gasteiger charge is -2.43. The monoisotopic (exact) mass is 586 g/mol. The smallest absolute Gasteiger partial charge is 0.422 e. The Morgan fingerprint density at radius 1 is 0.805 bits per heavy atom. The van der Waals surface area contributed by atoms with Crippen molar-refractivity contribution in [1.82, 2.24) is 0 Å². The maximum Gasteiger partial charge on any atom is 0.422 e. The van der Waals surface area contributed by atoms with Gasteiger partial charge in [0.25, 0.3) is 0 Å². The fourth-order valence-electron chi connectivity index (χ4n) is 4.39. The molecule has 0 amide bonds. The Hall–Kier alpha value is -2.71. The first-order valence-corrected chi connectivity index (χ1v) is 14.3. The van der Waals surface area contributed by atoms with Crippen LogP contribution in [-0.2, 0) is 19.1 Å². The molecule has 1 unspecified atom stereocenters. The molecule has 0 heterocycles. The molecule has 1 rings (SSSR count). The number of methoxy groups -OCH3 is 1. The van der Waals surface area contributed by atoms with Crippen molar-refractivity contribution in [1.29, 1.82) is 0 Å². The van der Waals surface area contributed by atoms with E-state index in [1.807, 2.05) is 6.92 Å². The number of esters is 2. The number of halogens is 3. The highest BCUT2D eigenvalue weighted by Crippen LogP contribution is 2.47. The largest absolute Gasteiger partial charge is 0.493 e. The molecule has 9 heteroatoms. The van der Waals surface area contributed by atoms with Gasteiger partial charge in [0.05, 0.1) is 25.7 Å². The third-order valence-electron chi connectivity index (χ3n) is 7.00. The van der Waals surface area contributed by atoms with Crippen molar-refractivity contribution in [3.8, 4) is 11.5 Å². The lowest BCUT2D eigenvalue weighted by molar-refractivity contribution is -0.182. The SMILES string of the molecule is COc1cc(/C=C/C(=O)OCC(F)(F)F)ccc1OCCCCCCCCOC(=O)C(C)(CC(C)(C)C)C(C)(C)C. The summed E-state index contributed by atoms with van der Waals surface area (Å²) in [4.78, 5) is 24.4. The zero-order valence-electron chi connectivity index (χ0n) is 26.0. The summed E-state index contributed by atoms with van der Waals surface area (Å²) < 4.78 is 57.4. The summed E-state index contributed by atoms with van der Waals surface area (Å²) in [6.07, 6.45) is 4.27. The van der Waals surface area contributed by atoms with Gasteiger partial charge in [0.2, 0.25) is 0 Å². The molecule has 41 heavy (non-hydrogen) atoms. The molecule has 1 aromatic carbocycles. The van der Waals surface area contributed by atoms with Gasteiger partial charge in [0.1, 0.15) is 0 Å². The van der Waals surface area contributed by atoms with Crippen LogP contribution in [0.5, 0.6) is 11.5 Å². The molecule has 1 aromatic rings. The van der Waals surface area contributed by atoms with Gasteiger partial charge < -0.3 is 18.9 Å². The van der Waals surface area contributed by atoms with E-state index in [0.717, 1.165) is 51.0 Å². The number of ether oxygens (including phenoxy) is 4. The zero-order chi connectivity index (χ0) is 31.3. The minimum atomic E-state index is -4.57. The first kappa shape index (κ1) is 36.3. The maximum absolute atomic E-state index is 13.0. The number of benzene rings is 1. The van der Waals surface area contributed by atoms with E-state index in [2.05, 4.69) is 46.3 Å². The summed E-state index contributed by atoms with van der Waals surface area (Å²) in [5, 5.41) is 0. The van der Waals surface area contributed by atoms with Crippen molar-refractivity contribution in [3.05, 3.63) is 29.8 Å². The quantitative estimate of drug-likeness (QED) is 0.110. The Balaban J connectivity index is 2.33. The lowest BCUT2D eigenvalue weighted by atomic mass is 9.61. The van der Waals surface area contributed by atoms with Gasteiger partial charge in [0, 0.05) is 6.08 Å². The summed E-state index contributed by atoms with van der Waals surface area (Å²) >= 11 is 0. The molecule has 234 valence electrons. The van der Waals surface area contributed by atoms with Crippen molar-refractivity contribution >= 4 is 18.0 Å². The van der Waals surface area contributed by atoms with Crippen LogP contribution in [-0.4, -0.2) is 45.0 Å². The number of alkyl halides is 3. The van der Waals surface area contributed by atoms with Gasteiger partial charge >= 0.3 is 18.1 Å². The maximum atomic E-state index is 13.0. The summed E-state index contributed by atoms with van der Waals surface area (Å²) in [6, 6.07) is 4.99. The van der Waals surface area contributed by atoms with Crippen LogP contribution in [0.15, 0.2) is 24.3 Å². The molecule has 0 bridgehead atoms. The van der Waals surface area contributed by atoms with E-state index in [0.29, 0.717) is 30.3 Å².